The predicted molar refractivity (Wildman–Crippen MR) is 54.7 cm³/mol. The number of rotatable bonds is 3. The Labute approximate surface area is 90.3 Å². The Kier molecular flexibility index (Phi) is 2.77. The molecule has 0 aliphatic heterocycles. The summed E-state index contributed by atoms with van der Waals surface area (Å²) >= 11 is 1.29. The summed E-state index contributed by atoms with van der Waals surface area (Å²) in [6, 6.07) is 3.48. The van der Waals surface area contributed by atoms with Gasteiger partial charge in [-0.15, -0.1) is 0 Å². The second kappa shape index (κ2) is 4.22. The van der Waals surface area contributed by atoms with Gasteiger partial charge in [-0.1, -0.05) is 0 Å². The summed E-state index contributed by atoms with van der Waals surface area (Å²) in [5.74, 6) is -0.00915. The van der Waals surface area contributed by atoms with Gasteiger partial charge in [-0.2, -0.15) is 5.10 Å². The van der Waals surface area contributed by atoms with Crippen LogP contribution in [0.4, 0.5) is 0 Å². The number of nitrogens with one attached hydrogen (secondary N) is 1. The summed E-state index contributed by atoms with van der Waals surface area (Å²) in [4.78, 5) is 19.4. The average molecular weight is 220 g/mol. The van der Waals surface area contributed by atoms with E-state index in [9.17, 15) is 4.79 Å². The summed E-state index contributed by atoms with van der Waals surface area (Å²) in [7, 11) is 0. The van der Waals surface area contributed by atoms with E-state index < -0.39 is 0 Å². The molecule has 0 spiro atoms. The molecular formula is C9H8N4OS. The zero-order chi connectivity index (χ0) is 10.7. The predicted octanol–water partition coefficient (Wildman–Crippen LogP) is 1.55. The van der Waals surface area contributed by atoms with Gasteiger partial charge in [0.05, 0.1) is 0 Å². The summed E-state index contributed by atoms with van der Waals surface area (Å²) in [6.45, 7) is 1.52. The molecule has 2 aromatic rings. The van der Waals surface area contributed by atoms with Crippen LogP contribution in [0, 0.1) is 0 Å². The summed E-state index contributed by atoms with van der Waals surface area (Å²) in [6.07, 6.45) is 3.06. The van der Waals surface area contributed by atoms with Crippen molar-refractivity contribution in [3.05, 3.63) is 30.2 Å². The highest BCUT2D eigenvalue weighted by atomic mass is 32.2. The lowest BCUT2D eigenvalue weighted by Crippen LogP contribution is -1.97. The van der Waals surface area contributed by atoms with E-state index in [0.29, 0.717) is 15.7 Å². The van der Waals surface area contributed by atoms with Crippen molar-refractivity contribution in [2.24, 2.45) is 0 Å². The topological polar surface area (TPSA) is 71.5 Å². The molecule has 0 saturated carbocycles. The van der Waals surface area contributed by atoms with Crippen LogP contribution in [0.25, 0.3) is 0 Å². The van der Waals surface area contributed by atoms with Crippen molar-refractivity contribution in [2.45, 2.75) is 17.1 Å². The third-order valence-corrected chi connectivity index (χ3v) is 2.65. The molecule has 0 fully saturated rings. The number of ketones is 1. The lowest BCUT2D eigenvalue weighted by molar-refractivity contribution is 0.101. The number of nitrogens with zero attached hydrogens (tertiary/aromatic N) is 3. The molecular weight excluding hydrogens is 212 g/mol. The Hall–Kier alpha value is -1.69. The molecule has 0 bridgehead atoms. The molecule has 0 saturated heterocycles. The Morgan fingerprint density at radius 3 is 3.00 bits per heavy atom. The molecule has 2 heterocycles. The van der Waals surface area contributed by atoms with Crippen LogP contribution >= 0.6 is 11.8 Å². The van der Waals surface area contributed by atoms with E-state index in [1.54, 1.807) is 18.3 Å². The lowest BCUT2D eigenvalue weighted by Gasteiger charge is -2.01. The second-order valence-electron chi connectivity index (χ2n) is 2.80. The number of pyridine rings is 1. The SMILES string of the molecule is CC(=O)c1cccnc1Sc1ncn[nH]1. The number of carbonyl (C=O) groups is 1. The number of Topliss-reactive ketones (excluding diaryl/α,β-unsaturated/α-hetero) is 1. The van der Waals surface area contributed by atoms with E-state index in [-0.39, 0.29) is 5.78 Å². The van der Waals surface area contributed by atoms with Gasteiger partial charge in [0.25, 0.3) is 0 Å². The monoisotopic (exact) mass is 220 g/mol. The van der Waals surface area contributed by atoms with Crippen LogP contribution in [-0.2, 0) is 0 Å². The van der Waals surface area contributed by atoms with Gasteiger partial charge >= 0.3 is 0 Å². The van der Waals surface area contributed by atoms with Crippen molar-refractivity contribution >= 4 is 17.5 Å². The third-order valence-electron chi connectivity index (χ3n) is 1.74. The largest absolute Gasteiger partial charge is 0.294 e. The van der Waals surface area contributed by atoms with Crippen molar-refractivity contribution in [1.29, 1.82) is 0 Å². The number of H-pyrrole nitrogens is 1. The van der Waals surface area contributed by atoms with E-state index in [2.05, 4.69) is 20.2 Å². The molecule has 76 valence electrons. The van der Waals surface area contributed by atoms with Gasteiger partial charge in [0, 0.05) is 11.8 Å². The van der Waals surface area contributed by atoms with Crippen LogP contribution in [-0.4, -0.2) is 25.9 Å². The molecule has 0 unspecified atom stereocenters. The van der Waals surface area contributed by atoms with Crippen LogP contribution < -0.4 is 0 Å². The quantitative estimate of drug-likeness (QED) is 0.794. The number of carbonyl (C=O) groups excluding carboxylic acids is 1. The van der Waals surface area contributed by atoms with Crippen LogP contribution in [0.15, 0.2) is 34.8 Å². The molecule has 0 radical (unpaired) electrons. The molecule has 2 aromatic heterocycles. The average Bonchev–Trinajstić information content (AvgIpc) is 2.71. The molecule has 0 amide bonds. The summed E-state index contributed by atoms with van der Waals surface area (Å²) < 4.78 is 0. The molecule has 0 aliphatic carbocycles. The first kappa shape index (κ1) is 9.85. The second-order valence-corrected chi connectivity index (χ2v) is 3.78. The number of aromatic nitrogens is 4. The van der Waals surface area contributed by atoms with Crippen LogP contribution in [0.3, 0.4) is 0 Å². The Morgan fingerprint density at radius 1 is 1.47 bits per heavy atom. The van der Waals surface area contributed by atoms with Gasteiger partial charge in [-0.25, -0.2) is 9.97 Å². The van der Waals surface area contributed by atoms with E-state index >= 15 is 0 Å². The standard InChI is InChI=1S/C9H8N4OS/c1-6(14)7-3-2-4-10-8(7)15-9-11-5-12-13-9/h2-5H,1H3,(H,11,12,13). The van der Waals surface area contributed by atoms with Gasteiger partial charge in [0.2, 0.25) is 0 Å². The van der Waals surface area contributed by atoms with Gasteiger partial charge < -0.3 is 0 Å². The van der Waals surface area contributed by atoms with Crippen molar-refractivity contribution in [3.63, 3.8) is 0 Å². The minimum atomic E-state index is -0.00915. The van der Waals surface area contributed by atoms with Crippen molar-refractivity contribution < 1.29 is 4.79 Å². The first-order valence-corrected chi connectivity index (χ1v) is 5.08. The van der Waals surface area contributed by atoms with Gasteiger partial charge in [-0.3, -0.25) is 9.89 Å². The Bertz CT molecular complexity index is 469. The fourth-order valence-corrected chi connectivity index (χ4v) is 1.89. The summed E-state index contributed by atoms with van der Waals surface area (Å²) in [5, 5.41) is 7.69. The maximum Gasteiger partial charge on any atom is 0.189 e. The Balaban J connectivity index is 2.32. The third kappa shape index (κ3) is 2.21. The first-order chi connectivity index (χ1) is 7.27. The van der Waals surface area contributed by atoms with Crippen LogP contribution in [0.1, 0.15) is 17.3 Å². The Morgan fingerprint density at radius 2 is 2.33 bits per heavy atom. The molecule has 5 nitrogen and oxygen atoms in total. The maximum atomic E-state index is 11.3. The minimum Gasteiger partial charge on any atom is -0.294 e. The van der Waals surface area contributed by atoms with E-state index in [1.807, 2.05) is 0 Å². The highest BCUT2D eigenvalue weighted by Gasteiger charge is 2.10. The fraction of sp³-hybridized carbons (Fsp3) is 0.111. The number of hydrogen-bond donors (Lipinski definition) is 1. The molecule has 2 rings (SSSR count). The zero-order valence-corrected chi connectivity index (χ0v) is 8.78. The van der Waals surface area contributed by atoms with Crippen LogP contribution in [0.2, 0.25) is 0 Å². The van der Waals surface area contributed by atoms with E-state index in [1.165, 1.54) is 25.0 Å². The molecule has 0 atom stereocenters. The fourth-order valence-electron chi connectivity index (χ4n) is 1.08. The summed E-state index contributed by atoms with van der Waals surface area (Å²) in [5.41, 5.74) is 0.596. The highest BCUT2D eigenvalue weighted by Crippen LogP contribution is 2.25. The van der Waals surface area contributed by atoms with Crippen molar-refractivity contribution in [1.82, 2.24) is 20.2 Å². The molecule has 0 aromatic carbocycles. The maximum absolute atomic E-state index is 11.3. The van der Waals surface area contributed by atoms with Crippen molar-refractivity contribution in [2.75, 3.05) is 0 Å². The van der Waals surface area contributed by atoms with E-state index in [4.69, 9.17) is 0 Å². The van der Waals surface area contributed by atoms with Crippen LogP contribution in [0.5, 0.6) is 0 Å². The molecule has 15 heavy (non-hydrogen) atoms. The highest BCUT2D eigenvalue weighted by molar-refractivity contribution is 7.99. The molecule has 1 N–H and O–H groups in total. The van der Waals surface area contributed by atoms with E-state index in [0.717, 1.165) is 0 Å². The van der Waals surface area contributed by atoms with Crippen molar-refractivity contribution in [3.8, 4) is 0 Å². The zero-order valence-electron chi connectivity index (χ0n) is 7.97. The smallest absolute Gasteiger partial charge is 0.189 e. The number of aromatic amines is 1. The van der Waals surface area contributed by atoms with Gasteiger partial charge in [0.15, 0.2) is 10.9 Å². The minimum absolute atomic E-state index is 0.00915. The normalized spacial score (nSPS) is 10.2. The first-order valence-electron chi connectivity index (χ1n) is 4.26. The van der Waals surface area contributed by atoms with Gasteiger partial charge in [-0.05, 0) is 30.8 Å². The van der Waals surface area contributed by atoms with Gasteiger partial charge in [0.1, 0.15) is 11.4 Å². The molecule has 6 heteroatoms. The molecule has 0 aliphatic rings. The lowest BCUT2D eigenvalue weighted by atomic mass is 10.2. The number of hydrogen-bond acceptors (Lipinski definition) is 5.